The van der Waals surface area contributed by atoms with Crippen LogP contribution < -0.4 is 10.1 Å². The molecule has 1 spiro atoms. The van der Waals surface area contributed by atoms with Crippen LogP contribution in [0.2, 0.25) is 0 Å². The molecule has 168 valence electrons. The minimum absolute atomic E-state index is 0.00993. The monoisotopic (exact) mass is 448 g/mol. The maximum atomic E-state index is 13.5. The predicted molar refractivity (Wildman–Crippen MR) is 116 cm³/mol. The van der Waals surface area contributed by atoms with Crippen molar-refractivity contribution in [3.8, 4) is 5.75 Å². The summed E-state index contributed by atoms with van der Waals surface area (Å²) in [5.74, 6) is -1.22. The normalized spacial score (nSPS) is 30.9. The Morgan fingerprint density at radius 3 is 2.71 bits per heavy atom. The van der Waals surface area contributed by atoms with Crippen molar-refractivity contribution >= 4 is 35.2 Å². The number of aliphatic hydroxyl groups excluding tert-OH is 1. The van der Waals surface area contributed by atoms with E-state index in [9.17, 15) is 19.5 Å². The summed E-state index contributed by atoms with van der Waals surface area (Å²) in [7, 11) is 1.57. The van der Waals surface area contributed by atoms with Crippen LogP contribution in [0.5, 0.6) is 5.75 Å². The van der Waals surface area contributed by atoms with Crippen LogP contribution in [-0.2, 0) is 19.1 Å². The van der Waals surface area contributed by atoms with E-state index in [1.807, 2.05) is 0 Å². The Bertz CT molecular complexity index is 862. The summed E-state index contributed by atoms with van der Waals surface area (Å²) >= 11 is 1.60. The number of nitrogens with one attached hydrogen (secondary N) is 1. The van der Waals surface area contributed by atoms with Gasteiger partial charge in [0.05, 0.1) is 30.3 Å². The standard InChI is InChI=1S/C22H28N2O6S/c1-3-30-21(28)16-15-9-10-22(31-15)17(16)20(27)24(11-4-12-25)18(22)19(26)23-13-5-7-14(29-2)8-6-13/h5-8,15-18,25H,3-4,9-12H2,1-2H3,(H,23,26)/t15-,16+,17+,18?,22?/m1/s1. The highest BCUT2D eigenvalue weighted by Gasteiger charge is 2.73. The van der Waals surface area contributed by atoms with E-state index in [0.717, 1.165) is 6.42 Å². The van der Waals surface area contributed by atoms with Gasteiger partial charge in [0, 0.05) is 24.1 Å². The van der Waals surface area contributed by atoms with Gasteiger partial charge in [-0.25, -0.2) is 0 Å². The second kappa shape index (κ2) is 8.70. The third-order valence-electron chi connectivity index (χ3n) is 6.52. The third kappa shape index (κ3) is 3.57. The van der Waals surface area contributed by atoms with Crippen LogP contribution in [-0.4, -0.2) is 70.7 Å². The van der Waals surface area contributed by atoms with Crippen molar-refractivity contribution in [2.75, 3.05) is 32.2 Å². The van der Waals surface area contributed by atoms with Gasteiger partial charge < -0.3 is 24.8 Å². The fourth-order valence-electron chi connectivity index (χ4n) is 5.33. The fourth-order valence-corrected chi connectivity index (χ4v) is 7.53. The SMILES string of the molecule is CCOC(=O)[C@@H]1[C@H]2C(=O)N(CCCO)C(C(=O)Nc3ccc(OC)cc3)C23CC[C@H]1S3. The molecule has 2 amide bonds. The minimum atomic E-state index is -0.701. The molecule has 3 aliphatic heterocycles. The van der Waals surface area contributed by atoms with Gasteiger partial charge >= 0.3 is 5.97 Å². The highest BCUT2D eigenvalue weighted by molar-refractivity contribution is 8.02. The van der Waals surface area contributed by atoms with Crippen LogP contribution in [0, 0.1) is 11.8 Å². The van der Waals surface area contributed by atoms with E-state index in [0.29, 0.717) is 24.3 Å². The quantitative estimate of drug-likeness (QED) is 0.583. The zero-order valence-corrected chi connectivity index (χ0v) is 18.5. The van der Waals surface area contributed by atoms with E-state index in [-0.39, 0.29) is 42.8 Å². The first-order valence-electron chi connectivity index (χ1n) is 10.7. The highest BCUT2D eigenvalue weighted by Crippen LogP contribution is 2.66. The Kier molecular flexibility index (Phi) is 6.16. The second-order valence-electron chi connectivity index (χ2n) is 8.13. The Labute approximate surface area is 185 Å². The number of aliphatic hydroxyl groups is 1. The molecule has 3 saturated heterocycles. The van der Waals surface area contributed by atoms with E-state index < -0.39 is 22.6 Å². The van der Waals surface area contributed by atoms with Crippen molar-refractivity contribution in [2.45, 2.75) is 42.2 Å². The Hall–Kier alpha value is -2.26. The van der Waals surface area contributed by atoms with Gasteiger partial charge in [-0.3, -0.25) is 14.4 Å². The first-order valence-corrected chi connectivity index (χ1v) is 11.6. The van der Waals surface area contributed by atoms with Gasteiger partial charge in [0.25, 0.3) is 0 Å². The number of anilines is 1. The number of fused-ring (bicyclic) bond motifs is 1. The molecule has 9 heteroatoms. The fraction of sp³-hybridized carbons (Fsp3) is 0.591. The van der Waals surface area contributed by atoms with Gasteiger partial charge in [0.15, 0.2) is 0 Å². The number of methoxy groups -OCH3 is 1. The molecule has 3 aliphatic rings. The summed E-state index contributed by atoms with van der Waals surface area (Å²) < 4.78 is 9.80. The lowest BCUT2D eigenvalue weighted by Gasteiger charge is -2.34. The van der Waals surface area contributed by atoms with Gasteiger partial charge in [-0.05, 0) is 50.5 Å². The zero-order valence-electron chi connectivity index (χ0n) is 17.7. The topological polar surface area (TPSA) is 105 Å². The largest absolute Gasteiger partial charge is 0.497 e. The number of rotatable bonds is 8. The third-order valence-corrected chi connectivity index (χ3v) is 8.47. The molecule has 0 radical (unpaired) electrons. The molecular formula is C22H28N2O6S. The molecule has 5 atom stereocenters. The number of nitrogens with zero attached hydrogens (tertiary/aromatic N) is 1. The maximum Gasteiger partial charge on any atom is 0.310 e. The van der Waals surface area contributed by atoms with Crippen LogP contribution in [0.1, 0.15) is 26.2 Å². The number of hydrogen-bond acceptors (Lipinski definition) is 7. The lowest BCUT2D eigenvalue weighted by molar-refractivity contribution is -0.153. The number of carbonyl (C=O) groups excluding carboxylic acids is 3. The first-order chi connectivity index (χ1) is 15.0. The Morgan fingerprint density at radius 1 is 1.32 bits per heavy atom. The van der Waals surface area contributed by atoms with Gasteiger partial charge in [0.1, 0.15) is 11.8 Å². The van der Waals surface area contributed by atoms with E-state index >= 15 is 0 Å². The number of hydrogen-bond donors (Lipinski definition) is 2. The van der Waals surface area contributed by atoms with E-state index in [2.05, 4.69) is 5.32 Å². The number of carbonyl (C=O) groups is 3. The molecule has 0 aromatic heterocycles. The molecule has 0 saturated carbocycles. The summed E-state index contributed by atoms with van der Waals surface area (Å²) in [6.07, 6.45) is 1.85. The van der Waals surface area contributed by atoms with E-state index in [1.165, 1.54) is 0 Å². The van der Waals surface area contributed by atoms with Crippen LogP contribution >= 0.6 is 11.8 Å². The summed E-state index contributed by atoms with van der Waals surface area (Å²) in [4.78, 5) is 41.2. The summed E-state index contributed by atoms with van der Waals surface area (Å²) in [5.41, 5.74) is 0.611. The van der Waals surface area contributed by atoms with Gasteiger partial charge in [-0.1, -0.05) is 0 Å². The number of thioether (sulfide) groups is 1. The van der Waals surface area contributed by atoms with Gasteiger partial charge in [-0.2, -0.15) is 0 Å². The highest BCUT2D eigenvalue weighted by atomic mass is 32.2. The van der Waals surface area contributed by atoms with E-state index in [1.54, 1.807) is 55.0 Å². The molecule has 2 N–H and O–H groups in total. The second-order valence-corrected chi connectivity index (χ2v) is 9.74. The summed E-state index contributed by atoms with van der Waals surface area (Å²) in [6.45, 7) is 2.21. The average molecular weight is 449 g/mol. The molecule has 8 nitrogen and oxygen atoms in total. The molecule has 2 unspecified atom stereocenters. The number of amides is 2. The van der Waals surface area contributed by atoms with Crippen LogP contribution in [0.4, 0.5) is 5.69 Å². The van der Waals surface area contributed by atoms with Crippen molar-refractivity contribution in [1.82, 2.24) is 4.90 Å². The minimum Gasteiger partial charge on any atom is -0.497 e. The summed E-state index contributed by atoms with van der Waals surface area (Å²) in [6, 6.07) is 6.32. The van der Waals surface area contributed by atoms with Gasteiger partial charge in [-0.15, -0.1) is 11.8 Å². The lowest BCUT2D eigenvalue weighted by atomic mass is 9.71. The molecule has 31 heavy (non-hydrogen) atoms. The smallest absolute Gasteiger partial charge is 0.310 e. The molecular weight excluding hydrogens is 420 g/mol. The number of benzene rings is 1. The van der Waals surface area contributed by atoms with Crippen LogP contribution in [0.3, 0.4) is 0 Å². The Morgan fingerprint density at radius 2 is 2.06 bits per heavy atom. The zero-order chi connectivity index (χ0) is 22.2. The predicted octanol–water partition coefficient (Wildman–Crippen LogP) is 1.67. The molecule has 1 aromatic rings. The molecule has 4 rings (SSSR count). The molecule has 3 heterocycles. The van der Waals surface area contributed by atoms with Crippen molar-refractivity contribution in [3.63, 3.8) is 0 Å². The maximum absolute atomic E-state index is 13.5. The van der Waals surface area contributed by atoms with Crippen molar-refractivity contribution < 1.29 is 29.0 Å². The van der Waals surface area contributed by atoms with Crippen LogP contribution in [0.25, 0.3) is 0 Å². The first kappa shape index (κ1) is 22.0. The number of likely N-dealkylation sites (tertiary alicyclic amines) is 1. The van der Waals surface area contributed by atoms with E-state index in [4.69, 9.17) is 9.47 Å². The number of ether oxygens (including phenoxy) is 2. The molecule has 1 aromatic carbocycles. The lowest BCUT2D eigenvalue weighted by Crippen LogP contribution is -2.51. The molecule has 2 bridgehead atoms. The van der Waals surface area contributed by atoms with Crippen molar-refractivity contribution in [3.05, 3.63) is 24.3 Å². The van der Waals surface area contributed by atoms with Crippen LogP contribution in [0.15, 0.2) is 24.3 Å². The van der Waals surface area contributed by atoms with Crippen molar-refractivity contribution in [2.24, 2.45) is 11.8 Å². The summed E-state index contributed by atoms with van der Waals surface area (Å²) in [5, 5.41) is 12.3. The number of esters is 1. The molecule has 0 aliphatic carbocycles. The van der Waals surface area contributed by atoms with Gasteiger partial charge in [0.2, 0.25) is 11.8 Å². The average Bonchev–Trinajstić information content (AvgIpc) is 3.40. The van der Waals surface area contributed by atoms with Crippen molar-refractivity contribution in [1.29, 1.82) is 0 Å². The molecule has 3 fully saturated rings. The Balaban J connectivity index is 1.64.